The normalized spacial score (nSPS) is 15.8. The molecule has 0 saturated heterocycles. The molecule has 0 bridgehead atoms. The van der Waals surface area contributed by atoms with Crippen LogP contribution >= 0.6 is 10.7 Å². The fraction of sp³-hybridized carbons (Fsp3) is 0.500. The molecular weight excluding hydrogens is 298 g/mol. The minimum atomic E-state index is -3.84. The Hall–Kier alpha value is -1.07. The van der Waals surface area contributed by atoms with Crippen molar-refractivity contribution in [3.05, 3.63) is 28.8 Å². The van der Waals surface area contributed by atoms with Gasteiger partial charge in [-0.15, -0.1) is 0 Å². The summed E-state index contributed by atoms with van der Waals surface area (Å²) in [7, 11) is 3.34. The van der Waals surface area contributed by atoms with Crippen molar-refractivity contribution in [3.63, 3.8) is 0 Å². The van der Waals surface area contributed by atoms with E-state index in [0.717, 1.165) is 24.8 Å². The summed E-state index contributed by atoms with van der Waals surface area (Å²) in [5.74, 6) is -0.145. The van der Waals surface area contributed by atoms with Gasteiger partial charge in [-0.05, 0) is 50.3 Å². The van der Waals surface area contributed by atoms with Crippen LogP contribution in [0.25, 0.3) is 0 Å². The molecule has 1 saturated carbocycles. The van der Waals surface area contributed by atoms with Crippen LogP contribution in [0.4, 0.5) is 0 Å². The summed E-state index contributed by atoms with van der Waals surface area (Å²) in [5.41, 5.74) is 1.73. The van der Waals surface area contributed by atoms with Gasteiger partial charge in [0, 0.05) is 29.3 Å². The zero-order valence-corrected chi connectivity index (χ0v) is 13.4. The number of hydrogen-bond acceptors (Lipinski definition) is 3. The van der Waals surface area contributed by atoms with Crippen LogP contribution in [0.1, 0.15) is 40.7 Å². The fourth-order valence-electron chi connectivity index (χ4n) is 2.46. The van der Waals surface area contributed by atoms with Crippen LogP contribution in [0.15, 0.2) is 17.0 Å². The van der Waals surface area contributed by atoms with Crippen molar-refractivity contribution in [2.24, 2.45) is 0 Å². The highest BCUT2D eigenvalue weighted by Crippen LogP contribution is 2.28. The Labute approximate surface area is 124 Å². The highest BCUT2D eigenvalue weighted by atomic mass is 35.7. The highest BCUT2D eigenvalue weighted by Gasteiger charge is 2.28. The lowest BCUT2D eigenvalue weighted by Crippen LogP contribution is -2.41. The third-order valence-electron chi connectivity index (χ3n) is 3.96. The van der Waals surface area contributed by atoms with Gasteiger partial charge in [-0.25, -0.2) is 8.42 Å². The lowest BCUT2D eigenvalue weighted by Gasteiger charge is -2.35. The van der Waals surface area contributed by atoms with E-state index in [-0.39, 0.29) is 16.8 Å². The molecule has 6 heteroatoms. The van der Waals surface area contributed by atoms with Gasteiger partial charge in [-0.3, -0.25) is 4.79 Å². The van der Waals surface area contributed by atoms with Crippen molar-refractivity contribution in [2.75, 3.05) is 7.05 Å². The van der Waals surface area contributed by atoms with Crippen LogP contribution in [0.3, 0.4) is 0 Å². The summed E-state index contributed by atoms with van der Waals surface area (Å²) in [4.78, 5) is 14.2. The molecule has 0 radical (unpaired) electrons. The molecule has 0 aliphatic heterocycles. The van der Waals surface area contributed by atoms with Crippen molar-refractivity contribution in [1.29, 1.82) is 0 Å². The van der Waals surface area contributed by atoms with E-state index in [2.05, 4.69) is 0 Å². The minimum absolute atomic E-state index is 0.00938. The number of halogens is 1. The maximum absolute atomic E-state index is 12.5. The van der Waals surface area contributed by atoms with Crippen molar-refractivity contribution >= 4 is 25.6 Å². The monoisotopic (exact) mass is 315 g/mol. The topological polar surface area (TPSA) is 54.5 Å². The van der Waals surface area contributed by atoms with E-state index in [1.165, 1.54) is 6.07 Å². The summed E-state index contributed by atoms with van der Waals surface area (Å²) in [6.45, 7) is 3.48. The lowest BCUT2D eigenvalue weighted by atomic mass is 9.91. The molecule has 110 valence electrons. The number of carbonyl (C=O) groups excluding carboxylic acids is 1. The molecule has 1 aliphatic carbocycles. The van der Waals surface area contributed by atoms with Crippen LogP contribution in [0, 0.1) is 13.8 Å². The van der Waals surface area contributed by atoms with Gasteiger partial charge < -0.3 is 4.90 Å². The average Bonchev–Trinajstić information content (AvgIpc) is 2.23. The Bertz CT molecular complexity index is 651. The number of amides is 1. The molecule has 4 nitrogen and oxygen atoms in total. The molecule has 0 N–H and O–H groups in total. The first-order chi connectivity index (χ1) is 9.21. The molecule has 0 spiro atoms. The third-order valence-corrected chi connectivity index (χ3v) is 5.42. The Morgan fingerprint density at radius 1 is 1.25 bits per heavy atom. The SMILES string of the molecule is Cc1cc(C)c(S(=O)(=O)Cl)cc1C(=O)N(C)C1CCC1. The van der Waals surface area contributed by atoms with Gasteiger partial charge >= 0.3 is 0 Å². The smallest absolute Gasteiger partial charge is 0.261 e. The van der Waals surface area contributed by atoms with Gasteiger partial charge in [0.2, 0.25) is 0 Å². The molecule has 2 rings (SSSR count). The first-order valence-corrected chi connectivity index (χ1v) is 8.86. The zero-order valence-electron chi connectivity index (χ0n) is 11.8. The van der Waals surface area contributed by atoms with E-state index in [1.807, 2.05) is 0 Å². The highest BCUT2D eigenvalue weighted by molar-refractivity contribution is 8.13. The molecule has 0 unspecified atom stereocenters. The van der Waals surface area contributed by atoms with Gasteiger partial charge in [0.15, 0.2) is 0 Å². The Morgan fingerprint density at radius 3 is 2.30 bits per heavy atom. The van der Waals surface area contributed by atoms with E-state index in [0.29, 0.717) is 11.1 Å². The fourth-order valence-corrected chi connectivity index (χ4v) is 3.66. The first kappa shape index (κ1) is 15.3. The van der Waals surface area contributed by atoms with Crippen LogP contribution in [0.2, 0.25) is 0 Å². The van der Waals surface area contributed by atoms with E-state index in [4.69, 9.17) is 10.7 Å². The second-order valence-corrected chi connectivity index (χ2v) is 7.91. The van der Waals surface area contributed by atoms with Gasteiger partial charge in [0.1, 0.15) is 0 Å². The number of rotatable bonds is 3. The number of hydrogen-bond donors (Lipinski definition) is 0. The van der Waals surface area contributed by atoms with Crippen molar-refractivity contribution < 1.29 is 13.2 Å². The Balaban J connectivity index is 2.43. The quantitative estimate of drug-likeness (QED) is 0.806. The zero-order chi connectivity index (χ0) is 15.1. The minimum Gasteiger partial charge on any atom is -0.339 e. The predicted molar refractivity (Wildman–Crippen MR) is 78.7 cm³/mol. The summed E-state index contributed by atoms with van der Waals surface area (Å²) < 4.78 is 23.1. The van der Waals surface area contributed by atoms with E-state index in [9.17, 15) is 13.2 Å². The van der Waals surface area contributed by atoms with Gasteiger partial charge in [-0.2, -0.15) is 0 Å². The van der Waals surface area contributed by atoms with E-state index in [1.54, 1.807) is 31.9 Å². The molecule has 1 amide bonds. The number of nitrogens with zero attached hydrogens (tertiary/aromatic N) is 1. The van der Waals surface area contributed by atoms with Crippen LogP contribution in [0.5, 0.6) is 0 Å². The van der Waals surface area contributed by atoms with E-state index >= 15 is 0 Å². The standard InChI is InChI=1S/C14H18ClNO3S/c1-9-7-10(2)13(20(15,18)19)8-12(9)14(17)16(3)11-5-4-6-11/h7-8,11H,4-6H2,1-3H3. The predicted octanol–water partition coefficient (Wildman–Crippen LogP) is 2.86. The van der Waals surface area contributed by atoms with Crippen LogP contribution in [-0.2, 0) is 9.05 Å². The lowest BCUT2D eigenvalue weighted by molar-refractivity contribution is 0.0651. The molecule has 1 aromatic carbocycles. The molecule has 0 atom stereocenters. The Kier molecular flexibility index (Phi) is 4.12. The summed E-state index contributed by atoms with van der Waals surface area (Å²) >= 11 is 0. The maximum Gasteiger partial charge on any atom is 0.261 e. The molecule has 0 aromatic heterocycles. The largest absolute Gasteiger partial charge is 0.339 e. The average molecular weight is 316 g/mol. The summed E-state index contributed by atoms with van der Waals surface area (Å²) in [6.07, 6.45) is 3.15. The second kappa shape index (κ2) is 5.37. The van der Waals surface area contributed by atoms with Crippen molar-refractivity contribution in [3.8, 4) is 0 Å². The molecule has 1 fully saturated rings. The number of benzene rings is 1. The second-order valence-electron chi connectivity index (χ2n) is 5.37. The summed E-state index contributed by atoms with van der Waals surface area (Å²) in [5, 5.41) is 0. The van der Waals surface area contributed by atoms with Crippen LogP contribution < -0.4 is 0 Å². The van der Waals surface area contributed by atoms with Gasteiger partial charge in [0.05, 0.1) is 4.90 Å². The van der Waals surface area contributed by atoms with Crippen LogP contribution in [-0.4, -0.2) is 32.3 Å². The van der Waals surface area contributed by atoms with Crippen molar-refractivity contribution in [2.45, 2.75) is 44.0 Å². The van der Waals surface area contributed by atoms with Crippen molar-refractivity contribution in [1.82, 2.24) is 4.90 Å². The number of carbonyl (C=O) groups is 1. The van der Waals surface area contributed by atoms with Gasteiger partial charge in [-0.1, -0.05) is 6.07 Å². The molecule has 1 aromatic rings. The first-order valence-electron chi connectivity index (χ1n) is 6.55. The van der Waals surface area contributed by atoms with Gasteiger partial charge in [0.25, 0.3) is 15.0 Å². The number of aryl methyl sites for hydroxylation is 2. The Morgan fingerprint density at radius 2 is 1.85 bits per heavy atom. The molecular formula is C14H18ClNO3S. The molecule has 1 aliphatic rings. The molecule has 0 heterocycles. The molecule has 20 heavy (non-hydrogen) atoms. The summed E-state index contributed by atoms with van der Waals surface area (Å²) in [6, 6.07) is 3.35. The van der Waals surface area contributed by atoms with E-state index < -0.39 is 9.05 Å². The third kappa shape index (κ3) is 2.83. The maximum atomic E-state index is 12.5.